The van der Waals surface area contributed by atoms with Crippen LogP contribution < -0.4 is 4.90 Å². The number of hydrogen-bond donors (Lipinski definition) is 1. The number of aliphatic carboxylic acids is 1. The number of carboxylic acids is 1. The second kappa shape index (κ2) is 7.33. The normalized spacial score (nSPS) is 10.6. The van der Waals surface area contributed by atoms with Crippen LogP contribution in [0.15, 0.2) is 30.3 Å². The maximum absolute atomic E-state index is 11.8. The lowest BCUT2D eigenvalue weighted by molar-refractivity contribution is -0.142. The Kier molecular flexibility index (Phi) is 5.77. The Labute approximate surface area is 119 Å². The fourth-order valence-corrected chi connectivity index (χ4v) is 1.67. The lowest BCUT2D eigenvalue weighted by Crippen LogP contribution is -2.34. The first kappa shape index (κ1) is 15.8. The Morgan fingerprint density at radius 1 is 1.20 bits per heavy atom. The van der Waals surface area contributed by atoms with Gasteiger partial charge in [-0.2, -0.15) is 0 Å². The van der Waals surface area contributed by atoms with Crippen LogP contribution in [0.2, 0.25) is 0 Å². The van der Waals surface area contributed by atoms with Gasteiger partial charge in [-0.25, -0.2) is 0 Å². The smallest absolute Gasteiger partial charge is 0.323 e. The van der Waals surface area contributed by atoms with E-state index in [4.69, 9.17) is 5.11 Å². The molecule has 0 aliphatic heterocycles. The molecule has 0 atom stereocenters. The van der Waals surface area contributed by atoms with Crippen LogP contribution >= 0.6 is 0 Å². The van der Waals surface area contributed by atoms with E-state index in [0.717, 1.165) is 11.3 Å². The minimum Gasteiger partial charge on any atom is -0.480 e. The number of hydrogen-bond acceptors (Lipinski definition) is 3. The van der Waals surface area contributed by atoms with Crippen molar-refractivity contribution in [3.8, 4) is 0 Å². The molecule has 0 fully saturated rings. The van der Waals surface area contributed by atoms with Gasteiger partial charge in [0, 0.05) is 32.4 Å². The van der Waals surface area contributed by atoms with Gasteiger partial charge in [0.25, 0.3) is 0 Å². The van der Waals surface area contributed by atoms with E-state index in [2.05, 4.69) is 0 Å². The molecule has 20 heavy (non-hydrogen) atoms. The topological polar surface area (TPSA) is 60.9 Å². The van der Waals surface area contributed by atoms with Gasteiger partial charge in [0.1, 0.15) is 6.54 Å². The predicted octanol–water partition coefficient (Wildman–Crippen LogP) is 1.70. The summed E-state index contributed by atoms with van der Waals surface area (Å²) in [6.07, 6.45) is 3.09. The van der Waals surface area contributed by atoms with Gasteiger partial charge in [-0.1, -0.05) is 12.1 Å². The second-order valence-corrected chi connectivity index (χ2v) is 4.57. The highest BCUT2D eigenvalue weighted by Gasteiger charge is 2.11. The number of carbonyl (C=O) groups is 2. The van der Waals surface area contributed by atoms with Crippen LogP contribution in [0.25, 0.3) is 6.08 Å². The zero-order valence-corrected chi connectivity index (χ0v) is 12.0. The van der Waals surface area contributed by atoms with Crippen LogP contribution in [-0.2, 0) is 9.59 Å². The summed E-state index contributed by atoms with van der Waals surface area (Å²) in [6, 6.07) is 7.73. The number of anilines is 1. The van der Waals surface area contributed by atoms with Crippen LogP contribution in [0.5, 0.6) is 0 Å². The SMILES string of the molecule is CCN(CC(=O)O)C(=O)/C=C/c1ccc(N(C)C)cc1. The number of nitrogens with zero attached hydrogens (tertiary/aromatic N) is 2. The summed E-state index contributed by atoms with van der Waals surface area (Å²) in [5, 5.41) is 8.71. The molecule has 0 bridgehead atoms. The van der Waals surface area contributed by atoms with E-state index in [1.54, 1.807) is 13.0 Å². The summed E-state index contributed by atoms with van der Waals surface area (Å²) in [7, 11) is 3.92. The molecule has 0 spiro atoms. The van der Waals surface area contributed by atoms with Crippen molar-refractivity contribution in [2.45, 2.75) is 6.92 Å². The van der Waals surface area contributed by atoms with Gasteiger partial charge in [-0.05, 0) is 30.7 Å². The molecule has 5 heteroatoms. The molecule has 0 heterocycles. The van der Waals surface area contributed by atoms with Crippen molar-refractivity contribution in [1.29, 1.82) is 0 Å². The molecule has 0 aromatic heterocycles. The first-order valence-electron chi connectivity index (χ1n) is 6.40. The second-order valence-electron chi connectivity index (χ2n) is 4.57. The van der Waals surface area contributed by atoms with Gasteiger partial charge in [-0.3, -0.25) is 9.59 Å². The number of benzene rings is 1. The highest BCUT2D eigenvalue weighted by atomic mass is 16.4. The first-order chi connectivity index (χ1) is 9.43. The van der Waals surface area contributed by atoms with Gasteiger partial charge in [0.15, 0.2) is 0 Å². The Morgan fingerprint density at radius 3 is 2.25 bits per heavy atom. The zero-order valence-electron chi connectivity index (χ0n) is 12.0. The average Bonchev–Trinajstić information content (AvgIpc) is 2.42. The number of amides is 1. The molecular weight excluding hydrogens is 256 g/mol. The molecule has 0 radical (unpaired) electrons. The third-order valence-corrected chi connectivity index (χ3v) is 2.85. The fraction of sp³-hybridized carbons (Fsp3) is 0.333. The summed E-state index contributed by atoms with van der Waals surface area (Å²) in [5.74, 6) is -1.31. The number of rotatable bonds is 6. The number of carbonyl (C=O) groups excluding carboxylic acids is 1. The van der Waals surface area contributed by atoms with Crippen molar-refractivity contribution in [2.24, 2.45) is 0 Å². The van der Waals surface area contributed by atoms with Crippen molar-refractivity contribution in [2.75, 3.05) is 32.1 Å². The maximum atomic E-state index is 11.8. The molecule has 1 N–H and O–H groups in total. The molecule has 0 aliphatic rings. The lowest BCUT2D eigenvalue weighted by Gasteiger charge is -2.16. The Morgan fingerprint density at radius 2 is 1.80 bits per heavy atom. The third kappa shape index (κ3) is 4.76. The minimum absolute atomic E-state index is 0.279. The molecule has 1 amide bonds. The Hall–Kier alpha value is -2.30. The molecular formula is C15H20N2O3. The molecule has 0 aliphatic carbocycles. The monoisotopic (exact) mass is 276 g/mol. The van der Waals surface area contributed by atoms with E-state index >= 15 is 0 Å². The van der Waals surface area contributed by atoms with Gasteiger partial charge >= 0.3 is 5.97 Å². The lowest BCUT2D eigenvalue weighted by atomic mass is 10.2. The van der Waals surface area contributed by atoms with Crippen LogP contribution in [0.4, 0.5) is 5.69 Å². The van der Waals surface area contributed by atoms with E-state index in [1.807, 2.05) is 43.3 Å². The maximum Gasteiger partial charge on any atom is 0.323 e. The summed E-state index contributed by atoms with van der Waals surface area (Å²) >= 11 is 0. The van der Waals surface area contributed by atoms with Crippen molar-refractivity contribution in [3.05, 3.63) is 35.9 Å². The van der Waals surface area contributed by atoms with Crippen molar-refractivity contribution < 1.29 is 14.7 Å². The largest absolute Gasteiger partial charge is 0.480 e. The van der Waals surface area contributed by atoms with E-state index in [-0.39, 0.29) is 12.5 Å². The van der Waals surface area contributed by atoms with Gasteiger partial charge in [0.2, 0.25) is 5.91 Å². The highest BCUT2D eigenvalue weighted by Crippen LogP contribution is 2.13. The van der Waals surface area contributed by atoms with E-state index < -0.39 is 5.97 Å². The Balaban J connectivity index is 2.70. The van der Waals surface area contributed by atoms with Gasteiger partial charge in [-0.15, -0.1) is 0 Å². The number of likely N-dealkylation sites (N-methyl/N-ethyl adjacent to an activating group) is 1. The summed E-state index contributed by atoms with van der Waals surface area (Å²) in [4.78, 5) is 25.7. The number of carboxylic acid groups (broad SMARTS) is 1. The quantitative estimate of drug-likeness (QED) is 0.803. The molecule has 1 aromatic carbocycles. The zero-order chi connectivity index (χ0) is 15.1. The predicted molar refractivity (Wildman–Crippen MR) is 79.7 cm³/mol. The van der Waals surface area contributed by atoms with E-state index in [0.29, 0.717) is 6.54 Å². The van der Waals surface area contributed by atoms with E-state index in [9.17, 15) is 9.59 Å². The molecule has 5 nitrogen and oxygen atoms in total. The standard InChI is InChI=1S/C15H20N2O3/c1-4-17(11-15(19)20)14(18)10-7-12-5-8-13(9-6-12)16(2)3/h5-10H,4,11H2,1-3H3,(H,19,20)/b10-7+. The van der Waals surface area contributed by atoms with Crippen LogP contribution in [0.1, 0.15) is 12.5 Å². The van der Waals surface area contributed by atoms with Crippen LogP contribution in [0, 0.1) is 0 Å². The molecule has 0 saturated heterocycles. The van der Waals surface area contributed by atoms with Crippen molar-refractivity contribution in [3.63, 3.8) is 0 Å². The van der Waals surface area contributed by atoms with Gasteiger partial charge < -0.3 is 14.9 Å². The van der Waals surface area contributed by atoms with E-state index in [1.165, 1.54) is 11.0 Å². The minimum atomic E-state index is -1.01. The average molecular weight is 276 g/mol. The van der Waals surface area contributed by atoms with Crippen LogP contribution in [-0.4, -0.2) is 49.1 Å². The fourth-order valence-electron chi connectivity index (χ4n) is 1.67. The summed E-state index contributed by atoms with van der Waals surface area (Å²) < 4.78 is 0. The van der Waals surface area contributed by atoms with Crippen molar-refractivity contribution in [1.82, 2.24) is 4.90 Å². The Bertz CT molecular complexity index is 492. The molecule has 1 aromatic rings. The third-order valence-electron chi connectivity index (χ3n) is 2.85. The van der Waals surface area contributed by atoms with Crippen molar-refractivity contribution >= 4 is 23.6 Å². The molecule has 0 saturated carbocycles. The van der Waals surface area contributed by atoms with Crippen LogP contribution in [0.3, 0.4) is 0 Å². The first-order valence-corrected chi connectivity index (χ1v) is 6.40. The summed E-state index contributed by atoms with van der Waals surface area (Å²) in [6.45, 7) is 1.84. The molecule has 0 unspecified atom stereocenters. The summed E-state index contributed by atoms with van der Waals surface area (Å²) in [5.41, 5.74) is 1.98. The molecule has 1 rings (SSSR count). The highest BCUT2D eigenvalue weighted by molar-refractivity contribution is 5.93. The van der Waals surface area contributed by atoms with Gasteiger partial charge in [0.05, 0.1) is 0 Å². The molecule has 108 valence electrons.